The number of halogens is 3. The molecule has 1 aliphatic rings. The Morgan fingerprint density at radius 3 is 2.48 bits per heavy atom. The number of aromatic nitrogens is 3. The predicted molar refractivity (Wildman–Crippen MR) is 118 cm³/mol. The first-order chi connectivity index (χ1) is 15.8. The Morgan fingerprint density at radius 2 is 1.79 bits per heavy atom. The molecule has 180 valence electrons. The highest BCUT2D eigenvalue weighted by molar-refractivity contribution is 5.78. The SMILES string of the molecule is COCCNc1nc(C)nc(NC2CCC(C(=O)NCc3ccccc3C(F)(F)F)CC2)n1. The molecule has 0 bridgehead atoms. The number of hydrogen-bond acceptors (Lipinski definition) is 7. The number of amides is 1. The minimum absolute atomic E-state index is 0.0637. The lowest BCUT2D eigenvalue weighted by Crippen LogP contribution is -2.36. The maximum Gasteiger partial charge on any atom is 0.416 e. The quantitative estimate of drug-likeness (QED) is 0.486. The fourth-order valence-corrected chi connectivity index (χ4v) is 3.85. The second-order valence-electron chi connectivity index (χ2n) is 8.02. The van der Waals surface area contributed by atoms with Crippen LogP contribution in [0.25, 0.3) is 0 Å². The van der Waals surface area contributed by atoms with Gasteiger partial charge >= 0.3 is 6.18 Å². The molecule has 1 aromatic heterocycles. The predicted octanol–water partition coefficient (Wildman–Crippen LogP) is 3.54. The third kappa shape index (κ3) is 7.28. The number of rotatable bonds is 9. The molecule has 1 aliphatic carbocycles. The van der Waals surface area contributed by atoms with E-state index >= 15 is 0 Å². The van der Waals surface area contributed by atoms with Crippen LogP contribution in [0.2, 0.25) is 0 Å². The van der Waals surface area contributed by atoms with Crippen molar-refractivity contribution in [2.24, 2.45) is 5.92 Å². The Hall–Kier alpha value is -2.95. The number of ether oxygens (including phenoxy) is 1. The van der Waals surface area contributed by atoms with Crippen LogP contribution >= 0.6 is 0 Å². The van der Waals surface area contributed by atoms with Crippen molar-refractivity contribution < 1.29 is 22.7 Å². The van der Waals surface area contributed by atoms with Gasteiger partial charge in [0.1, 0.15) is 5.82 Å². The van der Waals surface area contributed by atoms with E-state index in [1.165, 1.54) is 18.2 Å². The maximum absolute atomic E-state index is 13.1. The highest BCUT2D eigenvalue weighted by Crippen LogP contribution is 2.32. The van der Waals surface area contributed by atoms with Crippen LogP contribution in [0.5, 0.6) is 0 Å². The number of carbonyl (C=O) groups is 1. The van der Waals surface area contributed by atoms with E-state index in [9.17, 15) is 18.0 Å². The normalized spacial score (nSPS) is 18.6. The number of methoxy groups -OCH3 is 1. The lowest BCUT2D eigenvalue weighted by molar-refractivity contribution is -0.138. The molecule has 1 fully saturated rings. The third-order valence-corrected chi connectivity index (χ3v) is 5.54. The molecule has 1 saturated carbocycles. The fraction of sp³-hybridized carbons (Fsp3) is 0.545. The molecule has 0 unspecified atom stereocenters. The fourth-order valence-electron chi connectivity index (χ4n) is 3.85. The number of nitrogens with one attached hydrogen (secondary N) is 3. The van der Waals surface area contributed by atoms with E-state index in [-0.39, 0.29) is 30.0 Å². The van der Waals surface area contributed by atoms with Crippen molar-refractivity contribution in [1.29, 1.82) is 0 Å². The Balaban J connectivity index is 1.49. The van der Waals surface area contributed by atoms with Gasteiger partial charge in [0.15, 0.2) is 0 Å². The summed E-state index contributed by atoms with van der Waals surface area (Å²) in [5, 5.41) is 9.05. The Labute approximate surface area is 190 Å². The van der Waals surface area contributed by atoms with Crippen molar-refractivity contribution in [2.45, 2.75) is 51.4 Å². The van der Waals surface area contributed by atoms with Crippen molar-refractivity contribution in [1.82, 2.24) is 20.3 Å². The molecule has 3 rings (SSSR count). The largest absolute Gasteiger partial charge is 0.416 e. The van der Waals surface area contributed by atoms with Crippen molar-refractivity contribution in [3.8, 4) is 0 Å². The number of benzene rings is 1. The van der Waals surface area contributed by atoms with Crippen molar-refractivity contribution in [3.05, 3.63) is 41.2 Å². The first kappa shape index (κ1) is 24.7. The van der Waals surface area contributed by atoms with Crippen LogP contribution in [0, 0.1) is 12.8 Å². The summed E-state index contributed by atoms with van der Waals surface area (Å²) >= 11 is 0. The number of alkyl halides is 3. The minimum atomic E-state index is -4.45. The van der Waals surface area contributed by atoms with Gasteiger partial charge in [-0.2, -0.15) is 28.1 Å². The zero-order valence-electron chi connectivity index (χ0n) is 18.7. The lowest BCUT2D eigenvalue weighted by atomic mass is 9.85. The molecule has 0 saturated heterocycles. The van der Waals surface area contributed by atoms with Crippen LogP contribution in [-0.4, -0.2) is 47.2 Å². The van der Waals surface area contributed by atoms with E-state index in [0.29, 0.717) is 43.7 Å². The maximum atomic E-state index is 13.1. The minimum Gasteiger partial charge on any atom is -0.383 e. The van der Waals surface area contributed by atoms with Gasteiger partial charge in [-0.3, -0.25) is 4.79 Å². The molecular formula is C22H29F3N6O2. The average molecular weight is 467 g/mol. The molecule has 0 radical (unpaired) electrons. The second kappa shape index (κ2) is 11.3. The highest BCUT2D eigenvalue weighted by Gasteiger charge is 2.33. The lowest BCUT2D eigenvalue weighted by Gasteiger charge is -2.28. The Bertz CT molecular complexity index is 933. The monoisotopic (exact) mass is 466 g/mol. The van der Waals surface area contributed by atoms with Crippen molar-refractivity contribution >= 4 is 17.8 Å². The van der Waals surface area contributed by atoms with Gasteiger partial charge in [0.05, 0.1) is 12.2 Å². The van der Waals surface area contributed by atoms with Gasteiger partial charge in [-0.05, 0) is 44.2 Å². The van der Waals surface area contributed by atoms with E-state index < -0.39 is 11.7 Å². The van der Waals surface area contributed by atoms with Crippen molar-refractivity contribution in [2.75, 3.05) is 30.9 Å². The van der Waals surface area contributed by atoms with E-state index in [0.717, 1.165) is 18.9 Å². The summed E-state index contributed by atoms with van der Waals surface area (Å²) in [5.74, 6) is 1.08. The molecular weight excluding hydrogens is 437 g/mol. The van der Waals surface area contributed by atoms with Gasteiger partial charge in [0.25, 0.3) is 0 Å². The molecule has 0 atom stereocenters. The molecule has 2 aromatic rings. The highest BCUT2D eigenvalue weighted by atomic mass is 19.4. The van der Waals surface area contributed by atoms with E-state index in [2.05, 4.69) is 30.9 Å². The molecule has 8 nitrogen and oxygen atoms in total. The molecule has 1 aromatic carbocycles. The smallest absolute Gasteiger partial charge is 0.383 e. The van der Waals surface area contributed by atoms with Crippen LogP contribution in [0.3, 0.4) is 0 Å². The second-order valence-corrected chi connectivity index (χ2v) is 8.02. The van der Waals surface area contributed by atoms with Gasteiger partial charge in [0, 0.05) is 32.2 Å². The van der Waals surface area contributed by atoms with E-state index in [1.54, 1.807) is 14.0 Å². The number of hydrogen-bond donors (Lipinski definition) is 3. The Morgan fingerprint density at radius 1 is 1.09 bits per heavy atom. The first-order valence-electron chi connectivity index (χ1n) is 10.9. The molecule has 11 heteroatoms. The Kier molecular flexibility index (Phi) is 8.43. The molecule has 3 N–H and O–H groups in total. The van der Waals surface area contributed by atoms with E-state index in [1.807, 2.05) is 0 Å². The number of anilines is 2. The summed E-state index contributed by atoms with van der Waals surface area (Å²) in [5.41, 5.74) is -0.657. The molecule has 0 spiro atoms. The van der Waals surface area contributed by atoms with Crippen LogP contribution in [-0.2, 0) is 22.3 Å². The van der Waals surface area contributed by atoms with Crippen molar-refractivity contribution in [3.63, 3.8) is 0 Å². The van der Waals surface area contributed by atoms with Crippen LogP contribution in [0.15, 0.2) is 24.3 Å². The zero-order valence-corrected chi connectivity index (χ0v) is 18.7. The van der Waals surface area contributed by atoms with Crippen LogP contribution in [0.4, 0.5) is 25.1 Å². The first-order valence-corrected chi connectivity index (χ1v) is 10.9. The summed E-state index contributed by atoms with van der Waals surface area (Å²) in [6.07, 6.45) is -1.72. The van der Waals surface area contributed by atoms with Gasteiger partial charge in [-0.1, -0.05) is 18.2 Å². The summed E-state index contributed by atoms with van der Waals surface area (Å²) in [7, 11) is 1.62. The topological polar surface area (TPSA) is 101 Å². The van der Waals surface area contributed by atoms with Gasteiger partial charge < -0.3 is 20.7 Å². The van der Waals surface area contributed by atoms with Gasteiger partial charge in [-0.25, -0.2) is 0 Å². The number of carbonyl (C=O) groups excluding carboxylic acids is 1. The van der Waals surface area contributed by atoms with Gasteiger partial charge in [-0.15, -0.1) is 0 Å². The molecule has 33 heavy (non-hydrogen) atoms. The summed E-state index contributed by atoms with van der Waals surface area (Å²) in [4.78, 5) is 25.5. The molecule has 0 aliphatic heterocycles. The van der Waals surface area contributed by atoms with Crippen LogP contribution in [0.1, 0.15) is 42.6 Å². The summed E-state index contributed by atoms with van der Waals surface area (Å²) in [6, 6.07) is 5.40. The number of aryl methyl sites for hydroxylation is 1. The standard InChI is InChI=1S/C22H29F3N6O2/c1-14-28-20(26-11-12-33-2)31-21(29-14)30-17-9-7-15(8-10-17)19(32)27-13-16-5-3-4-6-18(16)22(23,24)25/h3-6,15,17H,7-13H2,1-2H3,(H,27,32)(H2,26,28,29,30,31). The van der Waals surface area contributed by atoms with E-state index in [4.69, 9.17) is 4.74 Å². The summed E-state index contributed by atoms with van der Waals surface area (Å²) < 4.78 is 44.4. The molecule has 1 amide bonds. The van der Waals surface area contributed by atoms with Gasteiger partial charge in [0.2, 0.25) is 17.8 Å². The summed E-state index contributed by atoms with van der Waals surface area (Å²) in [6.45, 7) is 2.75. The zero-order chi connectivity index (χ0) is 23.8. The molecule has 1 heterocycles. The van der Waals surface area contributed by atoms with Crippen LogP contribution < -0.4 is 16.0 Å². The number of nitrogens with zero attached hydrogens (tertiary/aromatic N) is 3. The third-order valence-electron chi connectivity index (χ3n) is 5.54. The average Bonchev–Trinajstić information content (AvgIpc) is 2.77.